The van der Waals surface area contributed by atoms with E-state index in [0.717, 1.165) is 39.1 Å². The minimum Gasteiger partial charge on any atom is -0.310 e. The molecule has 1 aromatic heterocycles. The molecule has 1 aliphatic carbocycles. The van der Waals surface area contributed by atoms with E-state index in [9.17, 15) is 0 Å². The molecule has 4 nitrogen and oxygen atoms in total. The second-order valence-electron chi connectivity index (χ2n) is 15.2. The van der Waals surface area contributed by atoms with E-state index < -0.39 is 5.41 Å². The fourth-order valence-electron chi connectivity index (χ4n) is 9.61. The molecule has 12 rings (SSSR count). The quantitative estimate of drug-likeness (QED) is 0.169. The molecular formula is C54H34N4. The molecule has 0 amide bonds. The first-order chi connectivity index (χ1) is 28.8. The van der Waals surface area contributed by atoms with Crippen LogP contribution in [-0.4, -0.2) is 15.0 Å². The van der Waals surface area contributed by atoms with Crippen LogP contribution in [0.15, 0.2) is 206 Å². The molecule has 0 unspecified atom stereocenters. The zero-order chi connectivity index (χ0) is 38.2. The maximum Gasteiger partial charge on any atom is 0.164 e. The van der Waals surface area contributed by atoms with Gasteiger partial charge in [-0.2, -0.15) is 0 Å². The Morgan fingerprint density at radius 3 is 1.59 bits per heavy atom. The average Bonchev–Trinajstić information content (AvgIpc) is 3.60. The van der Waals surface area contributed by atoms with Gasteiger partial charge >= 0.3 is 0 Å². The van der Waals surface area contributed by atoms with Gasteiger partial charge in [-0.1, -0.05) is 176 Å². The van der Waals surface area contributed by atoms with Gasteiger partial charge in [-0.15, -0.1) is 0 Å². The highest BCUT2D eigenvalue weighted by molar-refractivity contribution is 6.08. The number of para-hydroxylation sites is 2. The number of hydrogen-bond acceptors (Lipinski definition) is 4. The molecule has 58 heavy (non-hydrogen) atoms. The number of aromatic nitrogens is 3. The molecule has 2 aliphatic rings. The first-order valence-electron chi connectivity index (χ1n) is 19.8. The van der Waals surface area contributed by atoms with Gasteiger partial charge in [0.25, 0.3) is 0 Å². The van der Waals surface area contributed by atoms with E-state index >= 15 is 0 Å². The predicted octanol–water partition coefficient (Wildman–Crippen LogP) is 13.3. The summed E-state index contributed by atoms with van der Waals surface area (Å²) in [6.07, 6.45) is 0. The van der Waals surface area contributed by atoms with Gasteiger partial charge in [0, 0.05) is 22.4 Å². The second-order valence-corrected chi connectivity index (χ2v) is 15.2. The topological polar surface area (TPSA) is 41.9 Å². The SMILES string of the molecule is c1ccc(-c2nc(-c3ccc4c(c3)N(c3ccccc3)c3ccccc3C43c4ccccc4-c4ccccc43)nc(-c3ccc4c(ccc5ccccc54)c3)n2)cc1. The highest BCUT2D eigenvalue weighted by atomic mass is 15.2. The van der Waals surface area contributed by atoms with Crippen LogP contribution >= 0.6 is 0 Å². The predicted molar refractivity (Wildman–Crippen MR) is 237 cm³/mol. The van der Waals surface area contributed by atoms with Gasteiger partial charge in [-0.3, -0.25) is 0 Å². The smallest absolute Gasteiger partial charge is 0.164 e. The lowest BCUT2D eigenvalue weighted by molar-refractivity contribution is 0.752. The third-order valence-corrected chi connectivity index (χ3v) is 12.1. The Labute approximate surface area is 336 Å². The minimum absolute atomic E-state index is 0.530. The minimum atomic E-state index is -0.530. The van der Waals surface area contributed by atoms with Gasteiger partial charge in [0.1, 0.15) is 0 Å². The molecule has 0 saturated carbocycles. The molecule has 0 N–H and O–H groups in total. The highest BCUT2D eigenvalue weighted by Gasteiger charge is 2.51. The highest BCUT2D eigenvalue weighted by Crippen LogP contribution is 2.63. The summed E-state index contributed by atoms with van der Waals surface area (Å²) in [6.45, 7) is 0. The number of fused-ring (bicyclic) bond motifs is 12. The molecule has 0 saturated heterocycles. The second kappa shape index (κ2) is 12.7. The molecule has 2 heterocycles. The molecule has 9 aromatic carbocycles. The van der Waals surface area contributed by atoms with Crippen molar-refractivity contribution < 1.29 is 0 Å². The van der Waals surface area contributed by atoms with Gasteiger partial charge in [0.15, 0.2) is 17.5 Å². The standard InChI is InChI=1S/C54H34N4/c1-3-16-36(17-4-1)51-55-52(38-29-31-42-37(33-38)28-27-35-15-7-8-20-41(35)42)57-53(56-51)39-30-32-48-50(34-39)58(40-18-5-2-6-19-40)49-26-14-13-25-47(49)54(48)45-23-11-9-21-43(45)44-22-10-12-24-46(44)54/h1-34H. The van der Waals surface area contributed by atoms with Crippen molar-refractivity contribution in [2.75, 3.05) is 4.90 Å². The molecule has 270 valence electrons. The summed E-state index contributed by atoms with van der Waals surface area (Å²) >= 11 is 0. The van der Waals surface area contributed by atoms with Crippen molar-refractivity contribution in [2.24, 2.45) is 0 Å². The van der Waals surface area contributed by atoms with E-state index in [1.54, 1.807) is 0 Å². The molecule has 0 bridgehead atoms. The van der Waals surface area contributed by atoms with E-state index in [2.05, 4.69) is 193 Å². The lowest BCUT2D eigenvalue weighted by Gasteiger charge is -2.45. The van der Waals surface area contributed by atoms with Crippen LogP contribution < -0.4 is 4.90 Å². The Morgan fingerprint density at radius 2 is 0.845 bits per heavy atom. The molecule has 1 spiro atoms. The zero-order valence-electron chi connectivity index (χ0n) is 31.4. The Bertz CT molecular complexity index is 3200. The lowest BCUT2D eigenvalue weighted by atomic mass is 9.64. The Morgan fingerprint density at radius 1 is 0.328 bits per heavy atom. The summed E-state index contributed by atoms with van der Waals surface area (Å²) in [5.41, 5.74) is 13.2. The molecule has 4 heteroatoms. The molecule has 1 aliphatic heterocycles. The maximum atomic E-state index is 5.28. The van der Waals surface area contributed by atoms with Crippen molar-refractivity contribution in [1.82, 2.24) is 15.0 Å². The molecule has 0 fully saturated rings. The van der Waals surface area contributed by atoms with E-state index in [4.69, 9.17) is 15.0 Å². The van der Waals surface area contributed by atoms with Crippen LogP contribution in [0.3, 0.4) is 0 Å². The monoisotopic (exact) mass is 738 g/mol. The van der Waals surface area contributed by atoms with Crippen LogP contribution in [0.25, 0.3) is 66.8 Å². The van der Waals surface area contributed by atoms with E-state index in [0.29, 0.717) is 17.5 Å². The van der Waals surface area contributed by atoms with Crippen LogP contribution in [0.4, 0.5) is 17.1 Å². The van der Waals surface area contributed by atoms with Crippen molar-refractivity contribution in [1.29, 1.82) is 0 Å². The number of rotatable bonds is 4. The normalized spacial score (nSPS) is 13.3. The molecule has 0 radical (unpaired) electrons. The zero-order valence-corrected chi connectivity index (χ0v) is 31.4. The summed E-state index contributed by atoms with van der Waals surface area (Å²) < 4.78 is 0. The Kier molecular flexibility index (Phi) is 7.11. The fraction of sp³-hybridized carbons (Fsp3) is 0.0185. The van der Waals surface area contributed by atoms with Crippen LogP contribution in [0, 0.1) is 0 Å². The van der Waals surface area contributed by atoms with Gasteiger partial charge < -0.3 is 4.90 Å². The molecule has 0 atom stereocenters. The van der Waals surface area contributed by atoms with Crippen LogP contribution in [-0.2, 0) is 5.41 Å². The summed E-state index contributed by atoms with van der Waals surface area (Å²) in [5, 5.41) is 4.81. The van der Waals surface area contributed by atoms with Crippen molar-refractivity contribution in [3.63, 3.8) is 0 Å². The average molecular weight is 739 g/mol. The van der Waals surface area contributed by atoms with E-state index in [1.165, 1.54) is 49.5 Å². The number of hydrogen-bond donors (Lipinski definition) is 0. The third kappa shape index (κ3) is 4.72. The number of nitrogens with zero attached hydrogens (tertiary/aromatic N) is 4. The van der Waals surface area contributed by atoms with Crippen molar-refractivity contribution in [3.8, 4) is 45.3 Å². The van der Waals surface area contributed by atoms with Gasteiger partial charge in [-0.25, -0.2) is 15.0 Å². The first kappa shape index (κ1) is 32.5. The summed E-state index contributed by atoms with van der Waals surface area (Å²) in [6, 6.07) is 74.0. The third-order valence-electron chi connectivity index (χ3n) is 12.1. The summed E-state index contributed by atoms with van der Waals surface area (Å²) in [5.74, 6) is 1.90. The van der Waals surface area contributed by atoms with Crippen LogP contribution in [0.2, 0.25) is 0 Å². The van der Waals surface area contributed by atoms with Gasteiger partial charge in [0.2, 0.25) is 0 Å². The fourth-order valence-corrected chi connectivity index (χ4v) is 9.61. The Hall–Kier alpha value is -7.69. The van der Waals surface area contributed by atoms with Gasteiger partial charge in [-0.05, 0) is 85.3 Å². The summed E-state index contributed by atoms with van der Waals surface area (Å²) in [7, 11) is 0. The maximum absolute atomic E-state index is 5.28. The first-order valence-corrected chi connectivity index (χ1v) is 19.8. The van der Waals surface area contributed by atoms with Crippen molar-refractivity contribution in [2.45, 2.75) is 5.41 Å². The molecular weight excluding hydrogens is 705 g/mol. The largest absolute Gasteiger partial charge is 0.310 e. The van der Waals surface area contributed by atoms with Crippen molar-refractivity contribution >= 4 is 38.6 Å². The van der Waals surface area contributed by atoms with Crippen LogP contribution in [0.1, 0.15) is 22.3 Å². The van der Waals surface area contributed by atoms with Crippen molar-refractivity contribution in [3.05, 3.63) is 229 Å². The van der Waals surface area contributed by atoms with Crippen LogP contribution in [0.5, 0.6) is 0 Å². The van der Waals surface area contributed by atoms with Gasteiger partial charge in [0.05, 0.1) is 16.8 Å². The lowest BCUT2D eigenvalue weighted by Crippen LogP contribution is -2.36. The summed E-state index contributed by atoms with van der Waals surface area (Å²) in [4.78, 5) is 18.0. The Balaban J connectivity index is 1.11. The van der Waals surface area contributed by atoms with E-state index in [-0.39, 0.29) is 0 Å². The van der Waals surface area contributed by atoms with E-state index in [1.807, 2.05) is 18.2 Å². The number of benzene rings is 9. The number of anilines is 3. The molecule has 10 aromatic rings.